The number of hydrogen-bond acceptors (Lipinski definition) is 2. The van der Waals surface area contributed by atoms with Crippen LogP contribution in [0.15, 0.2) is 18.7 Å². The molecule has 78 valence electrons. The molecule has 0 bridgehead atoms. The Morgan fingerprint density at radius 3 is 3.07 bits per heavy atom. The lowest BCUT2D eigenvalue weighted by Gasteiger charge is -2.08. The van der Waals surface area contributed by atoms with Crippen LogP contribution in [0.5, 0.6) is 0 Å². The first kappa shape index (κ1) is 10.7. The van der Waals surface area contributed by atoms with E-state index in [1.807, 2.05) is 17.7 Å². The van der Waals surface area contributed by atoms with Crippen LogP contribution in [0.1, 0.15) is 13.0 Å². The van der Waals surface area contributed by atoms with Gasteiger partial charge in [-0.15, -0.1) is 0 Å². The zero-order chi connectivity index (χ0) is 10.4. The third kappa shape index (κ3) is 2.85. The number of carbonyl (C=O) groups is 1. The van der Waals surface area contributed by atoms with Crippen molar-refractivity contribution in [2.75, 3.05) is 20.3 Å². The molecule has 5 heteroatoms. The van der Waals surface area contributed by atoms with Gasteiger partial charge in [-0.05, 0) is 6.92 Å². The van der Waals surface area contributed by atoms with Crippen LogP contribution in [0.3, 0.4) is 0 Å². The van der Waals surface area contributed by atoms with Crippen molar-refractivity contribution in [1.82, 2.24) is 10.3 Å². The molecule has 0 radical (unpaired) electrons. The molecule has 1 aromatic heterocycles. The van der Waals surface area contributed by atoms with Crippen molar-refractivity contribution in [3.8, 4) is 0 Å². The lowest BCUT2D eigenvalue weighted by molar-refractivity contribution is -0.704. The summed E-state index contributed by atoms with van der Waals surface area (Å²) in [5, 5.41) is 2.77. The van der Waals surface area contributed by atoms with E-state index in [9.17, 15) is 4.79 Å². The largest absolute Gasteiger partial charge is 0.383 e. The number of ether oxygens (including phenoxy) is 1. The van der Waals surface area contributed by atoms with E-state index in [1.165, 1.54) is 0 Å². The molecule has 2 N–H and O–H groups in total. The Bertz CT molecular complexity index is 272. The Labute approximate surface area is 83.1 Å². The summed E-state index contributed by atoms with van der Waals surface area (Å²) in [5.41, 5.74) is 0. The average Bonchev–Trinajstić information content (AvgIpc) is 2.69. The molecule has 0 aliphatic heterocycles. The van der Waals surface area contributed by atoms with Crippen LogP contribution in [-0.2, 0) is 9.53 Å². The van der Waals surface area contributed by atoms with Crippen LogP contribution in [0.2, 0.25) is 0 Å². The molecule has 14 heavy (non-hydrogen) atoms. The maximum atomic E-state index is 11.5. The van der Waals surface area contributed by atoms with E-state index in [4.69, 9.17) is 4.74 Å². The van der Waals surface area contributed by atoms with Crippen LogP contribution >= 0.6 is 0 Å². The van der Waals surface area contributed by atoms with Crippen molar-refractivity contribution in [3.05, 3.63) is 18.7 Å². The smallest absolute Gasteiger partial charge is 0.265 e. The monoisotopic (exact) mass is 198 g/mol. The van der Waals surface area contributed by atoms with Crippen molar-refractivity contribution >= 4 is 5.91 Å². The molecule has 0 spiro atoms. The van der Waals surface area contributed by atoms with Crippen molar-refractivity contribution in [2.24, 2.45) is 0 Å². The number of nitrogens with one attached hydrogen (secondary N) is 2. The van der Waals surface area contributed by atoms with E-state index < -0.39 is 0 Å². The van der Waals surface area contributed by atoms with E-state index in [0.29, 0.717) is 13.2 Å². The fourth-order valence-electron chi connectivity index (χ4n) is 1.10. The number of hydrogen-bond donors (Lipinski definition) is 2. The van der Waals surface area contributed by atoms with E-state index in [0.717, 1.165) is 0 Å². The molecule has 1 atom stereocenters. The van der Waals surface area contributed by atoms with Gasteiger partial charge in [0.15, 0.2) is 6.04 Å². The molecule has 1 heterocycles. The van der Waals surface area contributed by atoms with Gasteiger partial charge in [0.05, 0.1) is 6.61 Å². The zero-order valence-corrected chi connectivity index (χ0v) is 8.49. The SMILES string of the molecule is COCCNC(=O)[C@@H](C)[n+]1cc[nH]c1. The predicted octanol–water partition coefficient (Wildman–Crippen LogP) is -0.374. The van der Waals surface area contributed by atoms with Crippen molar-refractivity contribution in [1.29, 1.82) is 0 Å². The summed E-state index contributed by atoms with van der Waals surface area (Å²) >= 11 is 0. The van der Waals surface area contributed by atoms with Crippen LogP contribution < -0.4 is 9.88 Å². The number of aromatic nitrogens is 2. The van der Waals surface area contributed by atoms with Gasteiger partial charge in [0, 0.05) is 13.7 Å². The predicted molar refractivity (Wildman–Crippen MR) is 50.6 cm³/mol. The Morgan fingerprint density at radius 1 is 1.71 bits per heavy atom. The molecule has 0 fully saturated rings. The van der Waals surface area contributed by atoms with Gasteiger partial charge in [0.2, 0.25) is 6.33 Å². The minimum atomic E-state index is -0.196. The number of amides is 1. The number of nitrogens with zero attached hydrogens (tertiary/aromatic N) is 1. The summed E-state index contributed by atoms with van der Waals surface area (Å²) in [7, 11) is 1.61. The van der Waals surface area contributed by atoms with Crippen LogP contribution in [0, 0.1) is 0 Å². The molecule has 1 aromatic rings. The number of carbonyl (C=O) groups excluding carboxylic acids is 1. The van der Waals surface area contributed by atoms with E-state index in [-0.39, 0.29) is 11.9 Å². The Kier molecular flexibility index (Phi) is 4.12. The molecule has 5 nitrogen and oxygen atoms in total. The first-order valence-electron chi connectivity index (χ1n) is 4.56. The van der Waals surface area contributed by atoms with Gasteiger partial charge < -0.3 is 10.1 Å². The second-order valence-electron chi connectivity index (χ2n) is 3.02. The molecule has 0 saturated carbocycles. The van der Waals surface area contributed by atoms with Gasteiger partial charge in [-0.1, -0.05) is 0 Å². The summed E-state index contributed by atoms with van der Waals surface area (Å²) in [6, 6.07) is -0.196. The van der Waals surface area contributed by atoms with E-state index >= 15 is 0 Å². The normalized spacial score (nSPS) is 12.4. The fourth-order valence-corrected chi connectivity index (χ4v) is 1.10. The number of imidazole rings is 1. The highest BCUT2D eigenvalue weighted by Gasteiger charge is 2.17. The summed E-state index contributed by atoms with van der Waals surface area (Å²) < 4.78 is 6.64. The Balaban J connectivity index is 2.37. The molecule has 0 aliphatic carbocycles. The molecule has 0 aliphatic rings. The molecular weight excluding hydrogens is 182 g/mol. The molecule has 1 amide bonds. The van der Waals surface area contributed by atoms with E-state index in [2.05, 4.69) is 10.3 Å². The van der Waals surface area contributed by atoms with Gasteiger partial charge in [-0.25, -0.2) is 4.57 Å². The number of aromatic amines is 1. The lowest BCUT2D eigenvalue weighted by Crippen LogP contribution is -2.46. The van der Waals surface area contributed by atoms with Gasteiger partial charge in [-0.2, -0.15) is 0 Å². The molecule has 1 rings (SSSR count). The molecular formula is C9H16N3O2+. The van der Waals surface area contributed by atoms with Gasteiger partial charge in [0.25, 0.3) is 5.91 Å². The highest BCUT2D eigenvalue weighted by molar-refractivity contribution is 5.78. The van der Waals surface area contributed by atoms with Crippen LogP contribution in [-0.4, -0.2) is 31.2 Å². The van der Waals surface area contributed by atoms with Crippen LogP contribution in [0.4, 0.5) is 0 Å². The second kappa shape index (κ2) is 5.39. The van der Waals surface area contributed by atoms with Crippen molar-refractivity contribution in [3.63, 3.8) is 0 Å². The quantitative estimate of drug-likeness (QED) is 0.501. The van der Waals surface area contributed by atoms with Crippen molar-refractivity contribution in [2.45, 2.75) is 13.0 Å². The molecule has 0 aromatic carbocycles. The van der Waals surface area contributed by atoms with Crippen molar-refractivity contribution < 1.29 is 14.1 Å². The lowest BCUT2D eigenvalue weighted by atomic mass is 10.3. The average molecular weight is 198 g/mol. The maximum absolute atomic E-state index is 11.5. The summed E-state index contributed by atoms with van der Waals surface area (Å²) in [4.78, 5) is 14.4. The molecule has 0 saturated heterocycles. The summed E-state index contributed by atoms with van der Waals surface area (Å²) in [6.45, 7) is 2.93. The Morgan fingerprint density at radius 2 is 2.50 bits per heavy atom. The number of rotatable bonds is 5. The van der Waals surface area contributed by atoms with Gasteiger partial charge in [-0.3, -0.25) is 9.78 Å². The standard InChI is InChI=1S/C9H15N3O2/c1-8(12-5-3-10-7-12)9(13)11-4-6-14-2/h3,5,7-8H,4,6H2,1-2H3,(H,11,13)/p+1/t8-/m1/s1. The summed E-state index contributed by atoms with van der Waals surface area (Å²) in [6.07, 6.45) is 5.35. The van der Waals surface area contributed by atoms with Gasteiger partial charge in [0.1, 0.15) is 12.4 Å². The topological polar surface area (TPSA) is 58.0 Å². The second-order valence-corrected chi connectivity index (χ2v) is 3.02. The van der Waals surface area contributed by atoms with Gasteiger partial charge >= 0.3 is 0 Å². The highest BCUT2D eigenvalue weighted by Crippen LogP contribution is 1.92. The first-order valence-corrected chi connectivity index (χ1v) is 4.56. The fraction of sp³-hybridized carbons (Fsp3) is 0.556. The summed E-state index contributed by atoms with van der Waals surface area (Å²) in [5.74, 6) is -0.00773. The number of methoxy groups -OCH3 is 1. The van der Waals surface area contributed by atoms with E-state index in [1.54, 1.807) is 19.6 Å². The highest BCUT2D eigenvalue weighted by atomic mass is 16.5. The van der Waals surface area contributed by atoms with Crippen LogP contribution in [0.25, 0.3) is 0 Å². The third-order valence-electron chi connectivity index (χ3n) is 2.00. The number of H-pyrrole nitrogens is 1. The maximum Gasteiger partial charge on any atom is 0.265 e. The minimum Gasteiger partial charge on any atom is -0.383 e. The zero-order valence-electron chi connectivity index (χ0n) is 8.49. The minimum absolute atomic E-state index is 0.00773. The first-order chi connectivity index (χ1) is 6.75. The molecule has 0 unspecified atom stereocenters. The Hall–Kier alpha value is -1.36. The third-order valence-corrected chi connectivity index (χ3v) is 2.00.